The minimum Gasteiger partial charge on any atom is -0.462 e. The van der Waals surface area contributed by atoms with Crippen molar-refractivity contribution in [1.82, 2.24) is 0 Å². The number of rotatable bonds is 6. The largest absolute Gasteiger partial charge is 0.462 e. The molecule has 24 heavy (non-hydrogen) atoms. The van der Waals surface area contributed by atoms with Crippen LogP contribution in [0.3, 0.4) is 0 Å². The Morgan fingerprint density at radius 1 is 1.08 bits per heavy atom. The lowest BCUT2D eigenvalue weighted by atomic mass is 10.2. The Labute approximate surface area is 142 Å². The van der Waals surface area contributed by atoms with Gasteiger partial charge in [-0.2, -0.15) is 0 Å². The topological polar surface area (TPSA) is 72.5 Å². The fourth-order valence-electron chi connectivity index (χ4n) is 2.26. The lowest BCUT2D eigenvalue weighted by Crippen LogP contribution is -2.14. The number of sulfonamides is 1. The van der Waals surface area contributed by atoms with Gasteiger partial charge in [0.05, 0.1) is 17.1 Å². The molecular weight excluding hydrogens is 326 g/mol. The number of carbonyl (C=O) groups excluding carboxylic acids is 1. The first-order valence-electron chi connectivity index (χ1n) is 7.71. The average Bonchev–Trinajstić information content (AvgIpc) is 2.52. The Bertz CT molecular complexity index is 827. The molecule has 0 aliphatic rings. The third kappa shape index (κ3) is 4.35. The number of aryl methyl sites for hydroxylation is 2. The maximum absolute atomic E-state index is 12.5. The monoisotopic (exact) mass is 347 g/mol. The molecule has 0 aromatic heterocycles. The molecule has 0 spiro atoms. The van der Waals surface area contributed by atoms with Gasteiger partial charge < -0.3 is 4.74 Å². The first kappa shape index (κ1) is 18.0. The van der Waals surface area contributed by atoms with Crippen LogP contribution in [0.15, 0.2) is 47.4 Å². The molecule has 0 unspecified atom stereocenters. The van der Waals surface area contributed by atoms with E-state index < -0.39 is 16.0 Å². The molecule has 5 nitrogen and oxygen atoms in total. The second-order valence-corrected chi connectivity index (χ2v) is 7.24. The van der Waals surface area contributed by atoms with Crippen LogP contribution in [0.4, 0.5) is 5.69 Å². The molecular formula is C18H21NO4S. The predicted octanol–water partition coefficient (Wildman–Crippen LogP) is 3.67. The lowest BCUT2D eigenvalue weighted by Gasteiger charge is -2.11. The summed E-state index contributed by atoms with van der Waals surface area (Å²) < 4.78 is 32.5. The molecule has 0 fully saturated rings. The van der Waals surface area contributed by atoms with E-state index in [0.29, 0.717) is 23.4 Å². The van der Waals surface area contributed by atoms with E-state index in [2.05, 4.69) is 4.72 Å². The Balaban J connectivity index is 2.17. The van der Waals surface area contributed by atoms with Gasteiger partial charge in [-0.1, -0.05) is 24.6 Å². The van der Waals surface area contributed by atoms with E-state index in [-0.39, 0.29) is 4.90 Å². The smallest absolute Gasteiger partial charge is 0.338 e. The zero-order valence-corrected chi connectivity index (χ0v) is 14.8. The second kappa shape index (κ2) is 7.49. The number of ether oxygens (including phenoxy) is 1. The van der Waals surface area contributed by atoms with Crippen molar-refractivity contribution in [3.63, 3.8) is 0 Å². The summed E-state index contributed by atoms with van der Waals surface area (Å²) in [5, 5.41) is 0. The van der Waals surface area contributed by atoms with Crippen LogP contribution in [0.2, 0.25) is 0 Å². The molecule has 0 atom stereocenters. The van der Waals surface area contributed by atoms with Crippen molar-refractivity contribution in [2.45, 2.75) is 32.1 Å². The Kier molecular flexibility index (Phi) is 5.62. The molecule has 2 aromatic rings. The number of hydrogen-bond donors (Lipinski definition) is 1. The fourth-order valence-corrected chi connectivity index (χ4v) is 3.55. The fraction of sp³-hybridized carbons (Fsp3) is 0.278. The van der Waals surface area contributed by atoms with Crippen LogP contribution in [0.5, 0.6) is 0 Å². The van der Waals surface area contributed by atoms with E-state index in [9.17, 15) is 13.2 Å². The van der Waals surface area contributed by atoms with Gasteiger partial charge in [-0.15, -0.1) is 0 Å². The summed E-state index contributed by atoms with van der Waals surface area (Å²) >= 11 is 0. The highest BCUT2D eigenvalue weighted by Gasteiger charge is 2.17. The molecule has 0 saturated carbocycles. The highest BCUT2D eigenvalue weighted by atomic mass is 32.2. The van der Waals surface area contributed by atoms with E-state index in [0.717, 1.165) is 12.0 Å². The van der Waals surface area contributed by atoms with Gasteiger partial charge in [0, 0.05) is 5.69 Å². The van der Waals surface area contributed by atoms with Gasteiger partial charge in [-0.05, 0) is 56.2 Å². The van der Waals surface area contributed by atoms with E-state index in [1.165, 1.54) is 12.1 Å². The van der Waals surface area contributed by atoms with Crippen LogP contribution in [0, 0.1) is 13.8 Å². The zero-order chi connectivity index (χ0) is 17.7. The Hall–Kier alpha value is -2.34. The number of esters is 1. The third-order valence-electron chi connectivity index (χ3n) is 3.43. The average molecular weight is 347 g/mol. The van der Waals surface area contributed by atoms with Crippen LogP contribution in [0.1, 0.15) is 34.8 Å². The first-order chi connectivity index (χ1) is 11.3. The van der Waals surface area contributed by atoms with Crippen LogP contribution < -0.4 is 4.72 Å². The molecule has 0 radical (unpaired) electrons. The van der Waals surface area contributed by atoms with E-state index in [1.54, 1.807) is 31.2 Å². The highest BCUT2D eigenvalue weighted by Crippen LogP contribution is 2.20. The van der Waals surface area contributed by atoms with Gasteiger partial charge in [-0.3, -0.25) is 4.72 Å². The number of carbonyl (C=O) groups is 1. The van der Waals surface area contributed by atoms with Crippen molar-refractivity contribution >= 4 is 21.7 Å². The van der Waals surface area contributed by atoms with Gasteiger partial charge in [0.25, 0.3) is 10.0 Å². The van der Waals surface area contributed by atoms with Crippen molar-refractivity contribution in [3.05, 3.63) is 59.2 Å². The summed E-state index contributed by atoms with van der Waals surface area (Å²) in [5.41, 5.74) is 2.46. The summed E-state index contributed by atoms with van der Waals surface area (Å²) in [6.45, 7) is 5.94. The van der Waals surface area contributed by atoms with Gasteiger partial charge >= 0.3 is 5.97 Å². The van der Waals surface area contributed by atoms with Crippen LogP contribution >= 0.6 is 0 Å². The van der Waals surface area contributed by atoms with Crippen LogP contribution in [0.25, 0.3) is 0 Å². The minimum atomic E-state index is -3.67. The SMILES string of the molecule is CCCOC(=O)c1ccc(NS(=O)(=O)c2ccc(C)cc2C)cc1. The van der Waals surface area contributed by atoms with Gasteiger partial charge in [0.2, 0.25) is 0 Å². The zero-order valence-electron chi connectivity index (χ0n) is 14.0. The second-order valence-electron chi connectivity index (χ2n) is 5.59. The van der Waals surface area contributed by atoms with Gasteiger partial charge in [0.1, 0.15) is 0 Å². The minimum absolute atomic E-state index is 0.236. The molecule has 0 amide bonds. The molecule has 0 saturated heterocycles. The number of benzene rings is 2. The molecule has 1 N–H and O–H groups in total. The number of hydrogen-bond acceptors (Lipinski definition) is 4. The molecule has 128 valence electrons. The molecule has 0 bridgehead atoms. The van der Waals surface area contributed by atoms with Crippen LogP contribution in [-0.2, 0) is 14.8 Å². The van der Waals surface area contributed by atoms with E-state index in [1.807, 2.05) is 19.9 Å². The maximum atomic E-state index is 12.5. The van der Waals surface area contributed by atoms with Crippen LogP contribution in [-0.4, -0.2) is 21.0 Å². The summed E-state index contributed by atoms with van der Waals surface area (Å²) in [6, 6.07) is 11.3. The lowest BCUT2D eigenvalue weighted by molar-refractivity contribution is 0.0505. The maximum Gasteiger partial charge on any atom is 0.338 e. The molecule has 6 heteroatoms. The highest BCUT2D eigenvalue weighted by molar-refractivity contribution is 7.92. The Morgan fingerprint density at radius 3 is 2.33 bits per heavy atom. The van der Waals surface area contributed by atoms with Crippen molar-refractivity contribution in [1.29, 1.82) is 0 Å². The standard InChI is InChI=1S/C18H21NO4S/c1-4-11-23-18(20)15-6-8-16(9-7-15)19-24(21,22)17-10-5-13(2)12-14(17)3/h5-10,12,19H,4,11H2,1-3H3. The summed E-state index contributed by atoms with van der Waals surface area (Å²) in [4.78, 5) is 12.0. The summed E-state index contributed by atoms with van der Waals surface area (Å²) in [5.74, 6) is -0.416. The van der Waals surface area contributed by atoms with Crippen molar-refractivity contribution < 1.29 is 17.9 Å². The Morgan fingerprint density at radius 2 is 1.75 bits per heavy atom. The molecule has 0 aliphatic carbocycles. The number of nitrogens with one attached hydrogen (secondary N) is 1. The van der Waals surface area contributed by atoms with Crippen molar-refractivity contribution in [3.8, 4) is 0 Å². The third-order valence-corrected chi connectivity index (χ3v) is 4.97. The van der Waals surface area contributed by atoms with Crippen molar-refractivity contribution in [2.75, 3.05) is 11.3 Å². The summed E-state index contributed by atoms with van der Waals surface area (Å²) in [6.07, 6.45) is 0.750. The van der Waals surface area contributed by atoms with Crippen molar-refractivity contribution in [2.24, 2.45) is 0 Å². The van der Waals surface area contributed by atoms with E-state index in [4.69, 9.17) is 4.74 Å². The first-order valence-corrected chi connectivity index (χ1v) is 9.19. The normalized spacial score (nSPS) is 11.1. The summed E-state index contributed by atoms with van der Waals surface area (Å²) in [7, 11) is -3.67. The molecule has 0 heterocycles. The van der Waals surface area contributed by atoms with Gasteiger partial charge in [-0.25, -0.2) is 13.2 Å². The molecule has 0 aliphatic heterocycles. The molecule has 2 rings (SSSR count). The van der Waals surface area contributed by atoms with E-state index >= 15 is 0 Å². The number of anilines is 1. The predicted molar refractivity (Wildman–Crippen MR) is 93.7 cm³/mol. The quantitative estimate of drug-likeness (QED) is 0.809. The van der Waals surface area contributed by atoms with Gasteiger partial charge in [0.15, 0.2) is 0 Å². The molecule has 2 aromatic carbocycles.